The fraction of sp³-hybridized carbons (Fsp3) is 0.348. The molecule has 0 saturated carbocycles. The van der Waals surface area contributed by atoms with E-state index in [4.69, 9.17) is 0 Å². The average molecular weight is 376 g/mol. The van der Waals surface area contributed by atoms with Crippen molar-refractivity contribution in [1.82, 2.24) is 10.2 Å². The summed E-state index contributed by atoms with van der Waals surface area (Å²) in [5.41, 5.74) is 4.72. The molecule has 1 heterocycles. The monoisotopic (exact) mass is 376 g/mol. The summed E-state index contributed by atoms with van der Waals surface area (Å²) >= 11 is 0. The molecule has 2 aromatic carbocycles. The van der Waals surface area contributed by atoms with Crippen LogP contribution in [-0.4, -0.2) is 29.2 Å². The Bertz CT molecular complexity index is 916. The second-order valence-corrected chi connectivity index (χ2v) is 7.58. The van der Waals surface area contributed by atoms with Crippen LogP contribution in [0.25, 0.3) is 0 Å². The number of rotatable bonds is 5. The lowest BCUT2D eigenvalue weighted by molar-refractivity contribution is -0.121. The average Bonchev–Trinajstić information content (AvgIpc) is 2.96. The Morgan fingerprint density at radius 2 is 1.64 bits per heavy atom. The van der Waals surface area contributed by atoms with Crippen molar-refractivity contribution >= 4 is 17.7 Å². The van der Waals surface area contributed by atoms with Crippen molar-refractivity contribution in [2.24, 2.45) is 0 Å². The number of carbonyl (C=O) groups is 3. The number of carbonyl (C=O) groups excluding carboxylic acids is 3. The zero-order valence-corrected chi connectivity index (χ0v) is 16.0. The molecule has 5 heteroatoms. The lowest BCUT2D eigenvalue weighted by Crippen LogP contribution is -2.35. The highest BCUT2D eigenvalue weighted by atomic mass is 16.2. The van der Waals surface area contributed by atoms with Crippen LogP contribution in [0.15, 0.2) is 42.5 Å². The molecule has 0 unspecified atom stereocenters. The van der Waals surface area contributed by atoms with Gasteiger partial charge in [0.2, 0.25) is 5.91 Å². The fourth-order valence-electron chi connectivity index (χ4n) is 4.08. The van der Waals surface area contributed by atoms with Gasteiger partial charge in [0, 0.05) is 13.0 Å². The van der Waals surface area contributed by atoms with Crippen LogP contribution in [0.5, 0.6) is 0 Å². The zero-order chi connectivity index (χ0) is 19.7. The number of hydrogen-bond acceptors (Lipinski definition) is 3. The molecule has 2 aromatic rings. The molecule has 3 amide bonds. The molecule has 1 aliphatic carbocycles. The van der Waals surface area contributed by atoms with Crippen molar-refractivity contribution in [2.45, 2.75) is 45.1 Å². The summed E-state index contributed by atoms with van der Waals surface area (Å²) in [6.45, 7) is 2.06. The Balaban J connectivity index is 1.35. The molecule has 28 heavy (non-hydrogen) atoms. The first-order valence-corrected chi connectivity index (χ1v) is 9.91. The third kappa shape index (κ3) is 3.44. The Kier molecular flexibility index (Phi) is 4.99. The van der Waals surface area contributed by atoms with E-state index in [9.17, 15) is 14.4 Å². The standard InChI is InChI=1S/C23H24N2O3/c1-15(17-11-10-16-6-2-3-7-18(16)14-17)24-21(26)12-13-25-22(27)19-8-4-5-9-20(19)23(25)28/h4-5,8-11,14-15H,2-3,6-7,12-13H2,1H3,(H,24,26)/t15-/m0/s1. The van der Waals surface area contributed by atoms with E-state index in [1.165, 1.54) is 24.0 Å². The van der Waals surface area contributed by atoms with E-state index in [1.54, 1.807) is 24.3 Å². The predicted molar refractivity (Wildman–Crippen MR) is 106 cm³/mol. The largest absolute Gasteiger partial charge is 0.350 e. The molecule has 0 bridgehead atoms. The van der Waals surface area contributed by atoms with Gasteiger partial charge in [-0.3, -0.25) is 19.3 Å². The van der Waals surface area contributed by atoms with Gasteiger partial charge in [0.25, 0.3) is 11.8 Å². The highest BCUT2D eigenvalue weighted by Crippen LogP contribution is 2.25. The second kappa shape index (κ2) is 7.58. The number of fused-ring (bicyclic) bond motifs is 2. The number of nitrogens with one attached hydrogen (secondary N) is 1. The van der Waals surface area contributed by atoms with Gasteiger partial charge in [0.15, 0.2) is 0 Å². The quantitative estimate of drug-likeness (QED) is 0.813. The smallest absolute Gasteiger partial charge is 0.261 e. The van der Waals surface area contributed by atoms with E-state index in [2.05, 4.69) is 23.5 Å². The molecule has 0 spiro atoms. The van der Waals surface area contributed by atoms with Gasteiger partial charge in [-0.2, -0.15) is 0 Å². The maximum absolute atomic E-state index is 12.4. The summed E-state index contributed by atoms with van der Waals surface area (Å²) in [5.74, 6) is -0.811. The van der Waals surface area contributed by atoms with Crippen LogP contribution in [0.1, 0.15) is 69.6 Å². The number of imide groups is 1. The minimum atomic E-state index is -0.323. The van der Waals surface area contributed by atoms with Gasteiger partial charge < -0.3 is 5.32 Å². The summed E-state index contributed by atoms with van der Waals surface area (Å²) < 4.78 is 0. The molecule has 1 atom stereocenters. The normalized spacial score (nSPS) is 16.5. The van der Waals surface area contributed by atoms with Crippen molar-refractivity contribution in [1.29, 1.82) is 0 Å². The van der Waals surface area contributed by atoms with E-state index < -0.39 is 0 Å². The lowest BCUT2D eigenvalue weighted by atomic mass is 9.89. The molecule has 0 radical (unpaired) electrons. The van der Waals surface area contributed by atoms with Crippen LogP contribution in [-0.2, 0) is 17.6 Å². The van der Waals surface area contributed by atoms with Gasteiger partial charge in [0.05, 0.1) is 17.2 Å². The van der Waals surface area contributed by atoms with E-state index in [0.29, 0.717) is 11.1 Å². The molecule has 1 N–H and O–H groups in total. The van der Waals surface area contributed by atoms with Crippen LogP contribution in [0, 0.1) is 0 Å². The van der Waals surface area contributed by atoms with Crippen LogP contribution in [0.2, 0.25) is 0 Å². The van der Waals surface area contributed by atoms with Crippen LogP contribution in [0.4, 0.5) is 0 Å². The van der Waals surface area contributed by atoms with Gasteiger partial charge >= 0.3 is 0 Å². The van der Waals surface area contributed by atoms with Crippen molar-refractivity contribution in [3.8, 4) is 0 Å². The van der Waals surface area contributed by atoms with Gasteiger partial charge in [-0.25, -0.2) is 0 Å². The van der Waals surface area contributed by atoms with Crippen molar-refractivity contribution in [3.63, 3.8) is 0 Å². The molecule has 0 saturated heterocycles. The zero-order valence-electron chi connectivity index (χ0n) is 16.0. The van der Waals surface area contributed by atoms with Crippen molar-refractivity contribution < 1.29 is 14.4 Å². The number of nitrogens with zero attached hydrogens (tertiary/aromatic N) is 1. The SMILES string of the molecule is C[C@H](NC(=O)CCN1C(=O)c2ccccc2C1=O)c1ccc2c(c1)CCCC2. The van der Waals surface area contributed by atoms with Crippen molar-refractivity contribution in [3.05, 3.63) is 70.3 Å². The summed E-state index contributed by atoms with van der Waals surface area (Å²) in [7, 11) is 0. The second-order valence-electron chi connectivity index (χ2n) is 7.58. The van der Waals surface area contributed by atoms with Gasteiger partial charge in [-0.05, 0) is 61.4 Å². The molecule has 4 rings (SSSR count). The summed E-state index contributed by atoms with van der Waals surface area (Å²) in [4.78, 5) is 38.3. The summed E-state index contributed by atoms with van der Waals surface area (Å²) in [6.07, 6.45) is 4.80. The molecule has 144 valence electrons. The maximum Gasteiger partial charge on any atom is 0.261 e. The minimum Gasteiger partial charge on any atom is -0.350 e. The Morgan fingerprint density at radius 3 is 2.32 bits per heavy atom. The Labute approximate surface area is 164 Å². The molecule has 5 nitrogen and oxygen atoms in total. The van der Waals surface area contributed by atoms with Crippen LogP contribution >= 0.6 is 0 Å². The van der Waals surface area contributed by atoms with Gasteiger partial charge in [-0.1, -0.05) is 30.3 Å². The molecule has 2 aliphatic rings. The molecule has 0 aromatic heterocycles. The molecule has 1 aliphatic heterocycles. The predicted octanol–water partition coefficient (Wildman–Crippen LogP) is 3.43. The number of aryl methyl sites for hydroxylation is 2. The molecule has 0 fully saturated rings. The van der Waals surface area contributed by atoms with E-state index in [-0.39, 0.29) is 36.7 Å². The number of amides is 3. The minimum absolute atomic E-state index is 0.0923. The third-order valence-corrected chi connectivity index (χ3v) is 5.69. The summed E-state index contributed by atoms with van der Waals surface area (Å²) in [6, 6.07) is 13.1. The van der Waals surface area contributed by atoms with Gasteiger partial charge in [0.1, 0.15) is 0 Å². The number of benzene rings is 2. The first-order chi connectivity index (χ1) is 13.5. The highest BCUT2D eigenvalue weighted by molar-refractivity contribution is 6.21. The third-order valence-electron chi connectivity index (χ3n) is 5.69. The van der Waals surface area contributed by atoms with E-state index in [0.717, 1.165) is 23.3 Å². The highest BCUT2D eigenvalue weighted by Gasteiger charge is 2.35. The lowest BCUT2D eigenvalue weighted by Gasteiger charge is -2.20. The number of hydrogen-bond donors (Lipinski definition) is 1. The summed E-state index contributed by atoms with van der Waals surface area (Å²) in [5, 5.41) is 2.99. The maximum atomic E-state index is 12.4. The Hall–Kier alpha value is -2.95. The van der Waals surface area contributed by atoms with Crippen molar-refractivity contribution in [2.75, 3.05) is 6.54 Å². The fourth-order valence-corrected chi connectivity index (χ4v) is 4.08. The topological polar surface area (TPSA) is 66.5 Å². The van der Waals surface area contributed by atoms with Gasteiger partial charge in [-0.15, -0.1) is 0 Å². The molecular formula is C23H24N2O3. The molecular weight excluding hydrogens is 352 g/mol. The van der Waals surface area contributed by atoms with E-state index in [1.807, 2.05) is 6.92 Å². The first-order valence-electron chi connectivity index (χ1n) is 9.91. The van der Waals surface area contributed by atoms with Crippen LogP contribution < -0.4 is 5.32 Å². The van der Waals surface area contributed by atoms with Crippen LogP contribution in [0.3, 0.4) is 0 Å². The van der Waals surface area contributed by atoms with E-state index >= 15 is 0 Å². The Morgan fingerprint density at radius 1 is 1.00 bits per heavy atom. The first kappa shape index (κ1) is 18.4.